The molecule has 0 saturated carbocycles. The molecule has 1 aromatic carbocycles. The topological polar surface area (TPSA) is 32.3 Å². The number of nitrogens with one attached hydrogen (secondary N) is 1. The number of rotatable bonds is 7. The molecule has 1 N–H and O–H groups in total. The quantitative estimate of drug-likeness (QED) is 0.822. The number of amides is 1. The SMILES string of the molecule is [2H]c1c([2H])c(CCN(CCC)CCC)c2c(c1[2H])NC(=O)C2([2H])[2H]. The van der Waals surface area contributed by atoms with Crippen LogP contribution < -0.4 is 5.32 Å². The molecule has 0 unspecified atom stereocenters. The third-order valence-electron chi connectivity index (χ3n) is 3.19. The van der Waals surface area contributed by atoms with Crippen LogP contribution >= 0.6 is 0 Å². The lowest BCUT2D eigenvalue weighted by molar-refractivity contribution is -0.115. The fourth-order valence-corrected chi connectivity index (χ4v) is 2.36. The van der Waals surface area contributed by atoms with Crippen LogP contribution in [0.2, 0.25) is 0 Å². The monoisotopic (exact) mass is 265 g/mol. The molecule has 1 aliphatic heterocycles. The molecule has 1 heterocycles. The van der Waals surface area contributed by atoms with Gasteiger partial charge in [0.2, 0.25) is 5.91 Å². The van der Waals surface area contributed by atoms with E-state index in [-0.39, 0.29) is 29.4 Å². The van der Waals surface area contributed by atoms with E-state index in [2.05, 4.69) is 24.1 Å². The molecule has 104 valence electrons. The minimum absolute atomic E-state index is 0.0542. The Balaban J connectivity index is 2.42. The van der Waals surface area contributed by atoms with Crippen LogP contribution in [0.5, 0.6) is 0 Å². The first-order valence-corrected chi connectivity index (χ1v) is 6.92. The maximum Gasteiger partial charge on any atom is 0.228 e. The highest BCUT2D eigenvalue weighted by Gasteiger charge is 2.20. The number of fused-ring (bicyclic) bond motifs is 1. The number of hydrogen-bond acceptors (Lipinski definition) is 2. The molecule has 0 atom stereocenters. The Labute approximate surface area is 123 Å². The second-order valence-corrected chi connectivity index (χ2v) is 4.77. The van der Waals surface area contributed by atoms with Crippen LogP contribution in [0, 0.1) is 0 Å². The molecule has 1 aliphatic rings. The van der Waals surface area contributed by atoms with Gasteiger partial charge in [0.15, 0.2) is 0 Å². The van der Waals surface area contributed by atoms with E-state index in [1.165, 1.54) is 0 Å². The van der Waals surface area contributed by atoms with Gasteiger partial charge in [0.05, 0.1) is 10.5 Å². The molecular formula is C16H24N2O. The van der Waals surface area contributed by atoms with Gasteiger partial charge in [-0.1, -0.05) is 25.9 Å². The van der Waals surface area contributed by atoms with Gasteiger partial charge >= 0.3 is 0 Å². The maximum absolute atomic E-state index is 11.9. The Bertz CT molecular complexity index is 642. The molecule has 3 nitrogen and oxygen atoms in total. The molecular weight excluding hydrogens is 236 g/mol. The zero-order valence-electron chi connectivity index (χ0n) is 16.6. The van der Waals surface area contributed by atoms with Crippen molar-refractivity contribution in [3.63, 3.8) is 0 Å². The van der Waals surface area contributed by atoms with E-state index in [4.69, 9.17) is 6.85 Å². The predicted molar refractivity (Wildman–Crippen MR) is 79.5 cm³/mol. The standard InChI is InChI=1S/C16H24N2O/c1-3-9-18(10-4-2)11-8-13-6-5-7-15-14(13)12-16(19)17-15/h5-7H,3-4,8-12H2,1-2H3,(H,17,19)/i5D,6D,7D,12D2. The lowest BCUT2D eigenvalue weighted by atomic mass is 10.0. The Morgan fingerprint density at radius 2 is 2.05 bits per heavy atom. The molecule has 0 radical (unpaired) electrons. The first kappa shape index (κ1) is 8.75. The van der Waals surface area contributed by atoms with E-state index in [1.807, 2.05) is 0 Å². The summed E-state index contributed by atoms with van der Waals surface area (Å²) in [5, 5.41) is 2.38. The van der Waals surface area contributed by atoms with Crippen LogP contribution in [-0.4, -0.2) is 30.4 Å². The average Bonchev–Trinajstić information content (AvgIpc) is 2.76. The Hall–Kier alpha value is -1.35. The van der Waals surface area contributed by atoms with Crippen LogP contribution in [0.25, 0.3) is 0 Å². The lowest BCUT2D eigenvalue weighted by Crippen LogP contribution is -2.28. The Kier molecular flexibility index (Phi) is 3.09. The van der Waals surface area contributed by atoms with Crippen LogP contribution in [0.4, 0.5) is 5.69 Å². The molecule has 0 spiro atoms. The van der Waals surface area contributed by atoms with Crippen molar-refractivity contribution >= 4 is 11.6 Å². The van der Waals surface area contributed by atoms with Crippen LogP contribution in [0.1, 0.15) is 44.7 Å². The molecule has 1 amide bonds. The molecule has 0 saturated heterocycles. The fourth-order valence-electron chi connectivity index (χ4n) is 2.36. The number of nitrogens with zero attached hydrogens (tertiary/aromatic N) is 1. The Morgan fingerprint density at radius 3 is 2.74 bits per heavy atom. The van der Waals surface area contributed by atoms with E-state index >= 15 is 0 Å². The van der Waals surface area contributed by atoms with Crippen molar-refractivity contribution in [1.29, 1.82) is 0 Å². The highest BCUT2D eigenvalue weighted by atomic mass is 16.1. The van der Waals surface area contributed by atoms with Crippen molar-refractivity contribution in [2.24, 2.45) is 0 Å². The first-order chi connectivity index (χ1) is 11.3. The largest absolute Gasteiger partial charge is 0.326 e. The third kappa shape index (κ3) is 3.57. The van der Waals surface area contributed by atoms with Crippen molar-refractivity contribution in [3.8, 4) is 0 Å². The fraction of sp³-hybridized carbons (Fsp3) is 0.562. The summed E-state index contributed by atoms with van der Waals surface area (Å²) in [5.41, 5.74) is 0.497. The van der Waals surface area contributed by atoms with Gasteiger partial charge in [0.1, 0.15) is 0 Å². The van der Waals surface area contributed by atoms with Gasteiger partial charge in [0, 0.05) is 15.0 Å². The van der Waals surface area contributed by atoms with E-state index in [9.17, 15) is 4.79 Å². The minimum Gasteiger partial charge on any atom is -0.326 e. The number of carbonyl (C=O) groups is 1. The summed E-state index contributed by atoms with van der Waals surface area (Å²) in [6.07, 6.45) is 0.135. The molecule has 0 aromatic heterocycles. The van der Waals surface area contributed by atoms with Gasteiger partial charge in [-0.15, -0.1) is 0 Å². The van der Waals surface area contributed by atoms with Gasteiger partial charge in [-0.2, -0.15) is 0 Å². The summed E-state index contributed by atoms with van der Waals surface area (Å²) in [6.45, 7) is 6.65. The van der Waals surface area contributed by atoms with Crippen molar-refractivity contribution < 1.29 is 11.6 Å². The van der Waals surface area contributed by atoms with E-state index in [0.29, 0.717) is 18.5 Å². The number of carbonyl (C=O) groups excluding carboxylic acids is 1. The second-order valence-electron chi connectivity index (χ2n) is 4.77. The number of anilines is 1. The van der Waals surface area contributed by atoms with Gasteiger partial charge in [0.25, 0.3) is 0 Å². The minimum atomic E-state index is -2.26. The van der Waals surface area contributed by atoms with Crippen LogP contribution in [0.15, 0.2) is 18.1 Å². The summed E-state index contributed by atoms with van der Waals surface area (Å²) in [6, 6.07) is -0.696. The predicted octanol–water partition coefficient (Wildman–Crippen LogP) is 2.85. The molecule has 1 aromatic rings. The summed E-state index contributed by atoms with van der Waals surface area (Å²) < 4.78 is 40.1. The summed E-state index contributed by atoms with van der Waals surface area (Å²) >= 11 is 0. The van der Waals surface area contributed by atoms with E-state index in [1.54, 1.807) is 0 Å². The average molecular weight is 265 g/mol. The molecule has 2 rings (SSSR count). The lowest BCUT2D eigenvalue weighted by Gasteiger charge is -2.21. The third-order valence-corrected chi connectivity index (χ3v) is 3.19. The molecule has 0 bridgehead atoms. The number of benzene rings is 1. The Morgan fingerprint density at radius 1 is 1.32 bits per heavy atom. The summed E-state index contributed by atoms with van der Waals surface area (Å²) in [4.78, 5) is 14.2. The van der Waals surface area contributed by atoms with Gasteiger partial charge in [-0.25, -0.2) is 0 Å². The van der Waals surface area contributed by atoms with Crippen molar-refractivity contribution in [3.05, 3.63) is 29.3 Å². The number of hydrogen-bond donors (Lipinski definition) is 1. The van der Waals surface area contributed by atoms with Gasteiger partial charge < -0.3 is 10.2 Å². The highest BCUT2D eigenvalue weighted by molar-refractivity contribution is 5.99. The van der Waals surface area contributed by atoms with Crippen LogP contribution in [0.3, 0.4) is 0 Å². The highest BCUT2D eigenvalue weighted by Crippen LogP contribution is 2.26. The smallest absolute Gasteiger partial charge is 0.228 e. The normalized spacial score (nSPS) is 20.2. The van der Waals surface area contributed by atoms with Crippen LogP contribution in [-0.2, 0) is 17.6 Å². The van der Waals surface area contributed by atoms with Gasteiger partial charge in [-0.05, 0) is 49.5 Å². The molecule has 0 aliphatic carbocycles. The molecule has 19 heavy (non-hydrogen) atoms. The summed E-state index contributed by atoms with van der Waals surface area (Å²) in [5.74, 6) is -0.823. The van der Waals surface area contributed by atoms with Crippen molar-refractivity contribution in [2.75, 3.05) is 25.0 Å². The van der Waals surface area contributed by atoms with Gasteiger partial charge in [-0.3, -0.25) is 4.79 Å². The van der Waals surface area contributed by atoms with Crippen molar-refractivity contribution in [2.45, 2.75) is 39.5 Å². The van der Waals surface area contributed by atoms with E-state index < -0.39 is 12.3 Å². The molecule has 0 fully saturated rings. The second kappa shape index (κ2) is 6.71. The zero-order chi connectivity index (χ0) is 18.1. The maximum atomic E-state index is 11.9. The summed E-state index contributed by atoms with van der Waals surface area (Å²) in [7, 11) is 0. The zero-order valence-corrected chi connectivity index (χ0v) is 11.6. The first-order valence-electron chi connectivity index (χ1n) is 9.42. The van der Waals surface area contributed by atoms with Crippen molar-refractivity contribution in [1.82, 2.24) is 4.90 Å². The molecule has 3 heteroatoms. The van der Waals surface area contributed by atoms with E-state index in [0.717, 1.165) is 25.9 Å².